The summed E-state index contributed by atoms with van der Waals surface area (Å²) in [5.41, 5.74) is 3.01. The Bertz CT molecular complexity index is 626. The first-order valence-corrected chi connectivity index (χ1v) is 9.06. The molecule has 0 atom stereocenters. The predicted octanol–water partition coefficient (Wildman–Crippen LogP) is 3.64. The number of nitrogens with one attached hydrogen (secondary N) is 1. The number of hydrogen-bond acceptors (Lipinski definition) is 3. The number of carbonyl (C=O) groups is 2. The SMILES string of the molecule is CCOC(=O)N1CCC(NC(=O)c2ccc(C(C)(C)C)cc2C)CC1. The third kappa shape index (κ3) is 4.97. The van der Waals surface area contributed by atoms with E-state index in [-0.39, 0.29) is 23.5 Å². The molecule has 1 N–H and O–H groups in total. The van der Waals surface area contributed by atoms with Gasteiger partial charge < -0.3 is 15.0 Å². The minimum Gasteiger partial charge on any atom is -0.450 e. The molecule has 1 aromatic carbocycles. The topological polar surface area (TPSA) is 58.6 Å². The van der Waals surface area contributed by atoms with Gasteiger partial charge in [-0.2, -0.15) is 0 Å². The molecule has 0 radical (unpaired) electrons. The van der Waals surface area contributed by atoms with Crippen LogP contribution in [0.1, 0.15) is 62.0 Å². The predicted molar refractivity (Wildman–Crippen MR) is 99.0 cm³/mol. The van der Waals surface area contributed by atoms with Crippen molar-refractivity contribution >= 4 is 12.0 Å². The van der Waals surface area contributed by atoms with E-state index in [4.69, 9.17) is 4.74 Å². The summed E-state index contributed by atoms with van der Waals surface area (Å²) in [5, 5.41) is 3.11. The third-order valence-electron chi connectivity index (χ3n) is 4.69. The van der Waals surface area contributed by atoms with Crippen LogP contribution < -0.4 is 5.32 Å². The summed E-state index contributed by atoms with van der Waals surface area (Å²) in [6, 6.07) is 6.14. The first-order valence-electron chi connectivity index (χ1n) is 9.06. The van der Waals surface area contributed by atoms with Crippen molar-refractivity contribution in [3.63, 3.8) is 0 Å². The Balaban J connectivity index is 1.94. The van der Waals surface area contributed by atoms with Gasteiger partial charge in [0.05, 0.1) is 6.61 Å². The van der Waals surface area contributed by atoms with E-state index in [0.717, 1.165) is 24.0 Å². The minimum absolute atomic E-state index is 0.0347. The van der Waals surface area contributed by atoms with Crippen LogP contribution in [0, 0.1) is 6.92 Å². The molecule has 1 aliphatic heterocycles. The fourth-order valence-corrected chi connectivity index (χ4v) is 3.07. The van der Waals surface area contributed by atoms with Gasteiger partial charge >= 0.3 is 6.09 Å². The smallest absolute Gasteiger partial charge is 0.409 e. The number of carbonyl (C=O) groups excluding carboxylic acids is 2. The van der Waals surface area contributed by atoms with Crippen molar-refractivity contribution in [1.82, 2.24) is 10.2 Å². The van der Waals surface area contributed by atoms with E-state index in [2.05, 4.69) is 32.2 Å². The molecule has 0 aromatic heterocycles. The van der Waals surface area contributed by atoms with Gasteiger partial charge in [0, 0.05) is 24.7 Å². The third-order valence-corrected chi connectivity index (χ3v) is 4.69. The lowest BCUT2D eigenvalue weighted by atomic mass is 9.85. The Kier molecular flexibility index (Phi) is 6.09. The molecule has 1 heterocycles. The first kappa shape index (κ1) is 19.3. The highest BCUT2D eigenvalue weighted by molar-refractivity contribution is 5.95. The molecule has 1 aliphatic rings. The molecule has 2 rings (SSSR count). The highest BCUT2D eigenvalue weighted by Crippen LogP contribution is 2.24. The average Bonchev–Trinajstić information content (AvgIpc) is 2.54. The molecule has 0 saturated carbocycles. The molecule has 5 nitrogen and oxygen atoms in total. The van der Waals surface area contributed by atoms with Crippen LogP contribution in [-0.4, -0.2) is 42.6 Å². The Morgan fingerprint density at radius 3 is 2.40 bits per heavy atom. The molecular weight excluding hydrogens is 316 g/mol. The van der Waals surface area contributed by atoms with Crippen LogP contribution in [0.25, 0.3) is 0 Å². The molecule has 5 heteroatoms. The van der Waals surface area contributed by atoms with E-state index in [1.54, 1.807) is 11.8 Å². The van der Waals surface area contributed by atoms with Crippen molar-refractivity contribution in [1.29, 1.82) is 0 Å². The summed E-state index contributed by atoms with van der Waals surface area (Å²) in [7, 11) is 0. The van der Waals surface area contributed by atoms with Crippen LogP contribution in [0.15, 0.2) is 18.2 Å². The number of amides is 2. The molecule has 1 aromatic rings. The van der Waals surface area contributed by atoms with E-state index in [9.17, 15) is 9.59 Å². The first-order chi connectivity index (χ1) is 11.7. The van der Waals surface area contributed by atoms with Crippen molar-refractivity contribution in [3.05, 3.63) is 34.9 Å². The Labute approximate surface area is 150 Å². The molecule has 0 unspecified atom stereocenters. The molecule has 138 valence electrons. The second kappa shape index (κ2) is 7.89. The molecule has 1 fully saturated rings. The molecule has 0 aliphatic carbocycles. The minimum atomic E-state index is -0.263. The summed E-state index contributed by atoms with van der Waals surface area (Å²) < 4.78 is 5.02. The summed E-state index contributed by atoms with van der Waals surface area (Å²) in [6.45, 7) is 11.9. The molecule has 25 heavy (non-hydrogen) atoms. The highest BCUT2D eigenvalue weighted by Gasteiger charge is 2.25. The molecule has 0 bridgehead atoms. The van der Waals surface area contributed by atoms with Crippen LogP contribution in [0.2, 0.25) is 0 Å². The Hall–Kier alpha value is -2.04. The second-order valence-electron chi connectivity index (χ2n) is 7.71. The van der Waals surface area contributed by atoms with Crippen LogP contribution in [0.3, 0.4) is 0 Å². The van der Waals surface area contributed by atoms with E-state index in [1.165, 1.54) is 5.56 Å². The number of hydrogen-bond donors (Lipinski definition) is 1. The second-order valence-corrected chi connectivity index (χ2v) is 7.71. The lowest BCUT2D eigenvalue weighted by molar-refractivity contribution is 0.0859. The highest BCUT2D eigenvalue weighted by atomic mass is 16.6. The monoisotopic (exact) mass is 346 g/mol. The van der Waals surface area contributed by atoms with Crippen molar-refractivity contribution < 1.29 is 14.3 Å². The summed E-state index contributed by atoms with van der Waals surface area (Å²) in [6.07, 6.45) is 1.24. The maximum absolute atomic E-state index is 12.6. The normalized spacial score (nSPS) is 15.8. The number of likely N-dealkylation sites (tertiary alicyclic amines) is 1. The van der Waals surface area contributed by atoms with Crippen LogP contribution >= 0.6 is 0 Å². The zero-order valence-electron chi connectivity index (χ0n) is 16.0. The number of aryl methyl sites for hydroxylation is 1. The van der Waals surface area contributed by atoms with Crippen LogP contribution in [0.4, 0.5) is 4.79 Å². The van der Waals surface area contributed by atoms with Crippen molar-refractivity contribution in [3.8, 4) is 0 Å². The zero-order valence-corrected chi connectivity index (χ0v) is 16.0. The standard InChI is InChI=1S/C20H30N2O3/c1-6-25-19(24)22-11-9-16(10-12-22)21-18(23)17-8-7-15(13-14(17)2)20(3,4)5/h7-8,13,16H,6,9-12H2,1-5H3,(H,21,23). The Morgan fingerprint density at radius 1 is 1.24 bits per heavy atom. The van der Waals surface area contributed by atoms with E-state index in [1.807, 2.05) is 19.1 Å². The van der Waals surface area contributed by atoms with Gasteiger partial charge in [-0.3, -0.25) is 4.79 Å². The maximum Gasteiger partial charge on any atom is 0.409 e. The number of nitrogens with zero attached hydrogens (tertiary/aromatic N) is 1. The summed E-state index contributed by atoms with van der Waals surface area (Å²) >= 11 is 0. The molecule has 0 spiro atoms. The van der Waals surface area contributed by atoms with Gasteiger partial charge in [-0.05, 0) is 49.3 Å². The molecule has 2 amide bonds. The average molecular weight is 346 g/mol. The van der Waals surface area contributed by atoms with Gasteiger partial charge in [0.2, 0.25) is 0 Å². The summed E-state index contributed by atoms with van der Waals surface area (Å²) in [4.78, 5) is 26.0. The van der Waals surface area contributed by atoms with Gasteiger partial charge in [0.1, 0.15) is 0 Å². The number of piperidine rings is 1. The van der Waals surface area contributed by atoms with Gasteiger partial charge in [0.25, 0.3) is 5.91 Å². The number of ether oxygens (including phenoxy) is 1. The largest absolute Gasteiger partial charge is 0.450 e. The lowest BCUT2D eigenvalue weighted by Gasteiger charge is -2.31. The Morgan fingerprint density at radius 2 is 1.88 bits per heavy atom. The molecule has 1 saturated heterocycles. The van der Waals surface area contributed by atoms with E-state index in [0.29, 0.717) is 19.7 Å². The summed E-state index contributed by atoms with van der Waals surface area (Å²) in [5.74, 6) is -0.0347. The van der Waals surface area contributed by atoms with E-state index >= 15 is 0 Å². The maximum atomic E-state index is 12.6. The van der Waals surface area contributed by atoms with Gasteiger partial charge in [0.15, 0.2) is 0 Å². The van der Waals surface area contributed by atoms with Crippen molar-refractivity contribution in [2.45, 2.75) is 58.9 Å². The zero-order chi connectivity index (χ0) is 18.6. The number of benzene rings is 1. The fraction of sp³-hybridized carbons (Fsp3) is 0.600. The van der Waals surface area contributed by atoms with Crippen molar-refractivity contribution in [2.75, 3.05) is 19.7 Å². The lowest BCUT2D eigenvalue weighted by Crippen LogP contribution is -2.46. The van der Waals surface area contributed by atoms with E-state index < -0.39 is 0 Å². The van der Waals surface area contributed by atoms with Gasteiger partial charge in [-0.15, -0.1) is 0 Å². The van der Waals surface area contributed by atoms with Gasteiger partial charge in [-0.1, -0.05) is 32.9 Å². The number of rotatable bonds is 3. The van der Waals surface area contributed by atoms with Crippen LogP contribution in [0.5, 0.6) is 0 Å². The van der Waals surface area contributed by atoms with Gasteiger partial charge in [-0.25, -0.2) is 4.79 Å². The van der Waals surface area contributed by atoms with Crippen molar-refractivity contribution in [2.24, 2.45) is 0 Å². The fourth-order valence-electron chi connectivity index (χ4n) is 3.07. The van der Waals surface area contributed by atoms with Crippen LogP contribution in [-0.2, 0) is 10.2 Å². The quantitative estimate of drug-likeness (QED) is 0.909. The molecular formula is C20H30N2O3.